The Kier molecular flexibility index (Phi) is 5.66. The summed E-state index contributed by atoms with van der Waals surface area (Å²) in [4.78, 5) is 24.3. The minimum atomic E-state index is -0.0836. The number of carbonyl (C=O) groups excluding carboxylic acids is 2. The molecule has 0 aromatic heterocycles. The molecule has 0 saturated carbocycles. The summed E-state index contributed by atoms with van der Waals surface area (Å²) in [5.74, 6) is 0.893. The molecular weight excluding hydrogens is 374 g/mol. The number of nitrogens with one attached hydrogen (secondary N) is 1. The Balaban J connectivity index is 1.39. The van der Waals surface area contributed by atoms with Crippen LogP contribution in [0.15, 0.2) is 66.7 Å². The van der Waals surface area contributed by atoms with Crippen LogP contribution in [0.25, 0.3) is 11.1 Å². The maximum atomic E-state index is 12.3. The lowest BCUT2D eigenvalue weighted by molar-refractivity contribution is -0.120. The number of hydrogen-bond acceptors (Lipinski definition) is 3. The Morgan fingerprint density at radius 3 is 2.67 bits per heavy atom. The fourth-order valence-corrected chi connectivity index (χ4v) is 3.94. The molecule has 1 atom stereocenters. The highest BCUT2D eigenvalue weighted by Crippen LogP contribution is 2.34. The highest BCUT2D eigenvalue weighted by atomic mass is 16.5. The molecule has 4 rings (SSSR count). The smallest absolute Gasteiger partial charge is 0.224 e. The molecule has 152 valence electrons. The molecule has 0 spiro atoms. The summed E-state index contributed by atoms with van der Waals surface area (Å²) in [6.45, 7) is 4.08. The second-order valence-corrected chi connectivity index (χ2v) is 7.84. The van der Waals surface area contributed by atoms with Gasteiger partial charge < -0.3 is 10.1 Å². The fraction of sp³-hybridized carbons (Fsp3) is 0.231. The van der Waals surface area contributed by atoms with Crippen molar-refractivity contribution >= 4 is 11.7 Å². The maximum absolute atomic E-state index is 12.3. The second kappa shape index (κ2) is 8.54. The first-order valence-corrected chi connectivity index (χ1v) is 10.2. The normalized spacial score (nSPS) is 14.7. The lowest BCUT2D eigenvalue weighted by Crippen LogP contribution is -2.35. The first-order chi connectivity index (χ1) is 14.5. The van der Waals surface area contributed by atoms with Gasteiger partial charge in [-0.1, -0.05) is 60.2 Å². The molecule has 4 heteroatoms. The fourth-order valence-electron chi connectivity index (χ4n) is 3.94. The largest absolute Gasteiger partial charge is 0.488 e. The molecular formula is C26H25NO3. The Bertz CT molecular complexity index is 1100. The number of rotatable bonds is 6. The van der Waals surface area contributed by atoms with Gasteiger partial charge in [0.25, 0.3) is 0 Å². The molecule has 0 unspecified atom stereocenters. The average molecular weight is 399 g/mol. The highest BCUT2D eigenvalue weighted by molar-refractivity contribution is 6.00. The lowest BCUT2D eigenvalue weighted by Gasteiger charge is -2.12. The number of hydrogen-bond donors (Lipinski definition) is 1. The van der Waals surface area contributed by atoms with Crippen LogP contribution >= 0.6 is 0 Å². The van der Waals surface area contributed by atoms with Crippen LogP contribution in [0.4, 0.5) is 0 Å². The Hall–Kier alpha value is -3.40. The van der Waals surface area contributed by atoms with Crippen molar-refractivity contribution in [1.29, 1.82) is 0 Å². The number of carbonyl (C=O) groups is 2. The third-order valence-electron chi connectivity index (χ3n) is 5.39. The van der Waals surface area contributed by atoms with E-state index in [0.29, 0.717) is 13.0 Å². The van der Waals surface area contributed by atoms with E-state index < -0.39 is 0 Å². The van der Waals surface area contributed by atoms with Crippen molar-refractivity contribution in [2.75, 3.05) is 6.54 Å². The molecule has 3 aromatic rings. The van der Waals surface area contributed by atoms with Crippen molar-refractivity contribution < 1.29 is 14.3 Å². The lowest BCUT2D eigenvalue weighted by atomic mass is 9.95. The van der Waals surface area contributed by atoms with Gasteiger partial charge in [0.1, 0.15) is 11.9 Å². The van der Waals surface area contributed by atoms with E-state index in [4.69, 9.17) is 4.74 Å². The first kappa shape index (κ1) is 19.9. The van der Waals surface area contributed by atoms with E-state index >= 15 is 0 Å². The molecule has 4 nitrogen and oxygen atoms in total. The molecule has 0 fully saturated rings. The van der Waals surface area contributed by atoms with Gasteiger partial charge in [-0.2, -0.15) is 0 Å². The molecule has 3 aromatic carbocycles. The monoisotopic (exact) mass is 399 g/mol. The van der Waals surface area contributed by atoms with Crippen LogP contribution in [0.2, 0.25) is 0 Å². The zero-order valence-electron chi connectivity index (χ0n) is 17.3. The van der Waals surface area contributed by atoms with Gasteiger partial charge in [-0.3, -0.25) is 9.59 Å². The van der Waals surface area contributed by atoms with Crippen molar-refractivity contribution in [2.24, 2.45) is 0 Å². The van der Waals surface area contributed by atoms with Gasteiger partial charge in [-0.15, -0.1) is 0 Å². The number of ether oxygens (including phenoxy) is 1. The Morgan fingerprint density at radius 1 is 1.03 bits per heavy atom. The SMILES string of the molecule is CC(=O)c1ccccc1-c1ccc2c(c1)C[C@H](CNC(=O)Cc1cccc(C)c1)O2. The molecule has 0 radical (unpaired) electrons. The van der Waals surface area contributed by atoms with Gasteiger partial charge >= 0.3 is 0 Å². The van der Waals surface area contributed by atoms with E-state index in [-0.39, 0.29) is 17.8 Å². The van der Waals surface area contributed by atoms with Crippen molar-refractivity contribution in [1.82, 2.24) is 5.32 Å². The van der Waals surface area contributed by atoms with E-state index in [9.17, 15) is 9.59 Å². The van der Waals surface area contributed by atoms with Crippen LogP contribution in [0.5, 0.6) is 5.75 Å². The van der Waals surface area contributed by atoms with Crippen LogP contribution in [0, 0.1) is 6.92 Å². The number of benzene rings is 3. The molecule has 0 bridgehead atoms. The molecule has 1 aliphatic heterocycles. The van der Waals surface area contributed by atoms with Crippen molar-refractivity contribution in [3.63, 3.8) is 0 Å². The zero-order valence-corrected chi connectivity index (χ0v) is 17.3. The minimum Gasteiger partial charge on any atom is -0.488 e. The number of amides is 1. The van der Waals surface area contributed by atoms with Crippen LogP contribution in [-0.4, -0.2) is 24.3 Å². The van der Waals surface area contributed by atoms with E-state index in [1.54, 1.807) is 6.92 Å². The zero-order chi connectivity index (χ0) is 21.1. The number of ketones is 1. The highest BCUT2D eigenvalue weighted by Gasteiger charge is 2.24. The predicted octanol–water partition coefficient (Wildman–Crippen LogP) is 4.53. The molecule has 30 heavy (non-hydrogen) atoms. The quantitative estimate of drug-likeness (QED) is 0.620. The summed E-state index contributed by atoms with van der Waals surface area (Å²) < 4.78 is 6.01. The summed E-state index contributed by atoms with van der Waals surface area (Å²) >= 11 is 0. The molecule has 1 heterocycles. The summed E-state index contributed by atoms with van der Waals surface area (Å²) in [6.07, 6.45) is 1.02. The van der Waals surface area contributed by atoms with Crippen LogP contribution in [0.3, 0.4) is 0 Å². The van der Waals surface area contributed by atoms with E-state index in [2.05, 4.69) is 11.4 Å². The van der Waals surface area contributed by atoms with E-state index in [0.717, 1.165) is 45.6 Å². The van der Waals surface area contributed by atoms with Gasteiger partial charge in [0.2, 0.25) is 5.91 Å². The van der Waals surface area contributed by atoms with Crippen molar-refractivity contribution in [2.45, 2.75) is 32.8 Å². The Morgan fingerprint density at radius 2 is 1.87 bits per heavy atom. The number of fused-ring (bicyclic) bond motifs is 1. The summed E-state index contributed by atoms with van der Waals surface area (Å²) in [7, 11) is 0. The molecule has 1 amide bonds. The van der Waals surface area contributed by atoms with Gasteiger partial charge in [-0.05, 0) is 48.2 Å². The number of aryl methyl sites for hydroxylation is 1. The standard InChI is InChI=1S/C26H25NO3/c1-17-6-5-7-19(12-17)13-26(29)27-16-22-15-21-14-20(10-11-25(21)30-22)24-9-4-3-8-23(24)18(2)28/h3-12,14,22H,13,15-16H2,1-2H3,(H,27,29)/t22-/m1/s1. The molecule has 1 N–H and O–H groups in total. The van der Waals surface area contributed by atoms with E-state index in [1.807, 2.05) is 67.6 Å². The topological polar surface area (TPSA) is 55.4 Å². The molecule has 1 aliphatic rings. The minimum absolute atomic E-state index is 0.00349. The summed E-state index contributed by atoms with van der Waals surface area (Å²) in [5, 5.41) is 2.99. The van der Waals surface area contributed by atoms with Crippen molar-refractivity contribution in [3.8, 4) is 16.9 Å². The van der Waals surface area contributed by atoms with Crippen LogP contribution < -0.4 is 10.1 Å². The second-order valence-electron chi connectivity index (χ2n) is 7.84. The van der Waals surface area contributed by atoms with Gasteiger partial charge in [0, 0.05) is 12.0 Å². The van der Waals surface area contributed by atoms with Gasteiger partial charge in [0.15, 0.2) is 5.78 Å². The van der Waals surface area contributed by atoms with Crippen LogP contribution in [0.1, 0.15) is 34.0 Å². The Labute approximate surface area is 176 Å². The van der Waals surface area contributed by atoms with E-state index in [1.165, 1.54) is 0 Å². The summed E-state index contributed by atoms with van der Waals surface area (Å²) in [6, 6.07) is 21.7. The first-order valence-electron chi connectivity index (χ1n) is 10.2. The van der Waals surface area contributed by atoms with Gasteiger partial charge in [-0.25, -0.2) is 0 Å². The average Bonchev–Trinajstić information content (AvgIpc) is 3.14. The van der Waals surface area contributed by atoms with Crippen LogP contribution in [-0.2, 0) is 17.6 Å². The molecule has 0 aliphatic carbocycles. The summed E-state index contributed by atoms with van der Waals surface area (Å²) in [5.41, 5.74) is 5.92. The number of Topliss-reactive ketones (excluding diaryl/α,β-unsaturated/α-hetero) is 1. The third kappa shape index (κ3) is 4.43. The maximum Gasteiger partial charge on any atom is 0.224 e. The predicted molar refractivity (Wildman–Crippen MR) is 118 cm³/mol. The van der Waals surface area contributed by atoms with Crippen molar-refractivity contribution in [3.05, 3.63) is 89.0 Å². The van der Waals surface area contributed by atoms with Gasteiger partial charge in [0.05, 0.1) is 13.0 Å². The molecule has 0 saturated heterocycles. The third-order valence-corrected chi connectivity index (χ3v) is 5.39.